The van der Waals surface area contributed by atoms with Crippen molar-refractivity contribution >= 4 is 17.2 Å². The number of aryl methyl sites for hydroxylation is 1. The summed E-state index contributed by atoms with van der Waals surface area (Å²) < 4.78 is 43.6. The number of halogens is 3. The summed E-state index contributed by atoms with van der Waals surface area (Å²) in [7, 11) is 0. The Kier molecular flexibility index (Phi) is 4.82. The van der Waals surface area contributed by atoms with E-state index in [0.717, 1.165) is 5.69 Å². The second-order valence-electron chi connectivity index (χ2n) is 6.32. The highest BCUT2D eigenvalue weighted by Crippen LogP contribution is 2.32. The first kappa shape index (κ1) is 19.4. The van der Waals surface area contributed by atoms with E-state index >= 15 is 0 Å². The normalized spacial score (nSPS) is 11.5. The number of carbonyl (C=O) groups is 1. The number of imidazole rings is 1. The van der Waals surface area contributed by atoms with Crippen molar-refractivity contribution in [1.29, 1.82) is 0 Å². The predicted octanol–water partition coefficient (Wildman–Crippen LogP) is 4.25. The molecule has 0 bridgehead atoms. The molecule has 0 radical (unpaired) electrons. The molecule has 4 rings (SSSR count). The molecule has 0 atom stereocenters. The summed E-state index contributed by atoms with van der Waals surface area (Å²) in [5.74, 6) is -0.868. The van der Waals surface area contributed by atoms with Gasteiger partial charge in [-0.3, -0.25) is 9.78 Å². The van der Waals surface area contributed by atoms with Crippen LogP contribution in [-0.4, -0.2) is 31.9 Å². The first-order valence-corrected chi connectivity index (χ1v) is 8.74. The molecule has 1 aromatic carbocycles. The van der Waals surface area contributed by atoms with E-state index in [2.05, 4.69) is 25.1 Å². The predicted molar refractivity (Wildman–Crippen MR) is 102 cm³/mol. The maximum Gasteiger partial charge on any atom is 0.573 e. The van der Waals surface area contributed by atoms with Gasteiger partial charge in [0.2, 0.25) is 0 Å². The number of nitrogens with zero attached hydrogens (tertiary/aromatic N) is 4. The number of para-hydroxylation sites is 1. The fraction of sp³-hybridized carbons (Fsp3) is 0.100. The topological polar surface area (TPSA) is 81.4 Å². The van der Waals surface area contributed by atoms with Crippen LogP contribution in [0.3, 0.4) is 0 Å². The summed E-state index contributed by atoms with van der Waals surface area (Å²) in [6.07, 6.45) is -1.94. The van der Waals surface area contributed by atoms with E-state index in [4.69, 9.17) is 0 Å². The Morgan fingerprint density at radius 3 is 2.67 bits per heavy atom. The highest BCUT2D eigenvalue weighted by atomic mass is 19.4. The smallest absolute Gasteiger partial charge is 0.405 e. The van der Waals surface area contributed by atoms with Crippen LogP contribution in [0, 0.1) is 6.92 Å². The van der Waals surface area contributed by atoms with E-state index in [9.17, 15) is 18.0 Å². The number of amides is 1. The largest absolute Gasteiger partial charge is 0.573 e. The maximum atomic E-state index is 12.7. The van der Waals surface area contributed by atoms with Crippen LogP contribution in [0.25, 0.3) is 16.9 Å². The molecule has 1 N–H and O–H groups in total. The van der Waals surface area contributed by atoms with E-state index in [1.807, 2.05) is 0 Å². The molecule has 0 saturated heterocycles. The Morgan fingerprint density at radius 2 is 1.90 bits per heavy atom. The highest BCUT2D eigenvalue weighted by molar-refractivity contribution is 6.03. The lowest BCUT2D eigenvalue weighted by molar-refractivity contribution is -0.274. The number of hydrogen-bond acceptors (Lipinski definition) is 5. The SMILES string of the molecule is Cc1cc(NC(=O)c2cnc3ccc(-c4ccccc4OC(F)(F)F)nn23)ccn1. The molecular weight excluding hydrogens is 399 g/mol. The Hall–Kier alpha value is -3.95. The molecule has 3 aromatic heterocycles. The van der Waals surface area contributed by atoms with E-state index in [1.165, 1.54) is 35.0 Å². The molecule has 10 heteroatoms. The van der Waals surface area contributed by atoms with Crippen molar-refractivity contribution in [1.82, 2.24) is 19.6 Å². The fourth-order valence-electron chi connectivity index (χ4n) is 2.88. The molecule has 0 aliphatic rings. The lowest BCUT2D eigenvalue weighted by atomic mass is 10.1. The van der Waals surface area contributed by atoms with Crippen LogP contribution in [0.2, 0.25) is 0 Å². The number of fused-ring (bicyclic) bond motifs is 1. The lowest BCUT2D eigenvalue weighted by Gasteiger charge is -2.13. The number of anilines is 1. The van der Waals surface area contributed by atoms with Crippen LogP contribution in [0.4, 0.5) is 18.9 Å². The Labute approximate surface area is 168 Å². The zero-order valence-electron chi connectivity index (χ0n) is 15.5. The van der Waals surface area contributed by atoms with Crippen molar-refractivity contribution in [3.63, 3.8) is 0 Å². The highest BCUT2D eigenvalue weighted by Gasteiger charge is 2.32. The van der Waals surface area contributed by atoms with Crippen LogP contribution in [0.1, 0.15) is 16.2 Å². The van der Waals surface area contributed by atoms with Crippen molar-refractivity contribution in [3.8, 4) is 17.0 Å². The minimum Gasteiger partial charge on any atom is -0.405 e. The molecule has 0 aliphatic heterocycles. The number of rotatable bonds is 4. The number of pyridine rings is 1. The Morgan fingerprint density at radius 1 is 1.10 bits per heavy atom. The molecule has 1 amide bonds. The van der Waals surface area contributed by atoms with Crippen LogP contribution < -0.4 is 10.1 Å². The molecule has 7 nitrogen and oxygen atoms in total. The van der Waals surface area contributed by atoms with Crippen molar-refractivity contribution < 1.29 is 22.7 Å². The fourth-order valence-corrected chi connectivity index (χ4v) is 2.88. The molecule has 0 fully saturated rings. The molecule has 0 saturated carbocycles. The van der Waals surface area contributed by atoms with Crippen LogP contribution >= 0.6 is 0 Å². The molecule has 0 unspecified atom stereocenters. The van der Waals surface area contributed by atoms with Gasteiger partial charge < -0.3 is 10.1 Å². The zero-order chi connectivity index (χ0) is 21.3. The summed E-state index contributed by atoms with van der Waals surface area (Å²) in [6.45, 7) is 1.79. The molecule has 0 aliphatic carbocycles. The van der Waals surface area contributed by atoms with Crippen molar-refractivity contribution in [2.75, 3.05) is 5.32 Å². The third-order valence-corrected chi connectivity index (χ3v) is 4.14. The van der Waals surface area contributed by atoms with Gasteiger partial charge in [0, 0.05) is 23.1 Å². The molecule has 0 spiro atoms. The van der Waals surface area contributed by atoms with Gasteiger partial charge in [-0.05, 0) is 43.3 Å². The summed E-state index contributed by atoms with van der Waals surface area (Å²) in [5, 5.41) is 7.04. The Balaban J connectivity index is 1.71. The minimum atomic E-state index is -4.84. The maximum absolute atomic E-state index is 12.7. The minimum absolute atomic E-state index is 0.121. The number of benzene rings is 1. The number of carbonyl (C=O) groups excluding carboxylic acids is 1. The van der Waals surface area contributed by atoms with Gasteiger partial charge in [-0.2, -0.15) is 5.10 Å². The monoisotopic (exact) mass is 413 g/mol. The van der Waals surface area contributed by atoms with Gasteiger partial charge in [0.1, 0.15) is 5.75 Å². The van der Waals surface area contributed by atoms with Crippen molar-refractivity contribution in [2.45, 2.75) is 13.3 Å². The molecule has 4 aromatic rings. The second-order valence-corrected chi connectivity index (χ2v) is 6.32. The summed E-state index contributed by atoms with van der Waals surface area (Å²) in [5.41, 5.74) is 2.07. The lowest BCUT2D eigenvalue weighted by Crippen LogP contribution is -2.18. The molecular formula is C20H14F3N5O2. The second kappa shape index (κ2) is 7.47. The van der Waals surface area contributed by atoms with Gasteiger partial charge in [-0.1, -0.05) is 12.1 Å². The van der Waals surface area contributed by atoms with Crippen LogP contribution in [0.5, 0.6) is 5.75 Å². The Bertz CT molecular complexity index is 1240. The van der Waals surface area contributed by atoms with E-state index in [-0.39, 0.29) is 17.0 Å². The van der Waals surface area contributed by atoms with Gasteiger partial charge in [0.25, 0.3) is 5.91 Å². The summed E-state index contributed by atoms with van der Waals surface area (Å²) in [6, 6.07) is 12.0. The first-order chi connectivity index (χ1) is 14.3. The van der Waals surface area contributed by atoms with Crippen molar-refractivity contribution in [2.24, 2.45) is 0 Å². The van der Waals surface area contributed by atoms with E-state index in [1.54, 1.807) is 37.4 Å². The van der Waals surface area contributed by atoms with Gasteiger partial charge in [0.15, 0.2) is 11.3 Å². The number of ether oxygens (including phenoxy) is 1. The first-order valence-electron chi connectivity index (χ1n) is 8.74. The van der Waals surface area contributed by atoms with E-state index in [0.29, 0.717) is 11.3 Å². The van der Waals surface area contributed by atoms with Crippen molar-refractivity contribution in [3.05, 3.63) is 72.3 Å². The summed E-state index contributed by atoms with van der Waals surface area (Å²) in [4.78, 5) is 20.9. The van der Waals surface area contributed by atoms with Gasteiger partial charge >= 0.3 is 6.36 Å². The van der Waals surface area contributed by atoms with Crippen LogP contribution in [-0.2, 0) is 0 Å². The number of nitrogens with one attached hydrogen (secondary N) is 1. The average molecular weight is 413 g/mol. The third kappa shape index (κ3) is 4.07. The van der Waals surface area contributed by atoms with Gasteiger partial charge in [-0.15, -0.1) is 13.2 Å². The quantitative estimate of drug-likeness (QED) is 0.541. The zero-order valence-corrected chi connectivity index (χ0v) is 15.5. The van der Waals surface area contributed by atoms with Gasteiger partial charge in [0.05, 0.1) is 11.9 Å². The summed E-state index contributed by atoms with van der Waals surface area (Å²) >= 11 is 0. The van der Waals surface area contributed by atoms with Gasteiger partial charge in [-0.25, -0.2) is 9.50 Å². The van der Waals surface area contributed by atoms with E-state index < -0.39 is 18.0 Å². The average Bonchev–Trinajstić information content (AvgIpc) is 3.10. The molecule has 30 heavy (non-hydrogen) atoms. The number of alkyl halides is 3. The number of hydrogen-bond donors (Lipinski definition) is 1. The number of aromatic nitrogens is 4. The molecule has 152 valence electrons. The van der Waals surface area contributed by atoms with Crippen LogP contribution in [0.15, 0.2) is 60.9 Å². The third-order valence-electron chi connectivity index (χ3n) is 4.14. The molecule has 3 heterocycles. The standard InChI is InChI=1S/C20H14F3N5O2/c1-12-10-13(8-9-24-12)26-19(29)16-11-25-18-7-6-15(27-28(16)18)14-4-2-3-5-17(14)30-20(21,22)23/h2-11H,1H3,(H,24,26,29).